The summed E-state index contributed by atoms with van der Waals surface area (Å²) in [7, 11) is 0. The first-order valence-corrected chi connectivity index (χ1v) is 7.31. The molecule has 0 spiro atoms. The topological polar surface area (TPSA) is 21.3 Å². The Hall–Kier alpha value is -1.02. The van der Waals surface area contributed by atoms with Gasteiger partial charge in [0.2, 0.25) is 0 Å². The van der Waals surface area contributed by atoms with Gasteiger partial charge in [0.25, 0.3) is 0 Å². The fourth-order valence-electron chi connectivity index (χ4n) is 2.82. The summed E-state index contributed by atoms with van der Waals surface area (Å²) in [4.78, 5) is 0. The highest BCUT2D eigenvalue weighted by molar-refractivity contribution is 5.45. The number of benzene rings is 1. The van der Waals surface area contributed by atoms with E-state index in [2.05, 4.69) is 44.3 Å². The molecule has 0 fully saturated rings. The Labute approximate surface area is 111 Å². The standard InChI is InChI=1S/C16H25NO/c1-4-12(5-2)18-16-9-7-8-13-14(16)10-11-15(13)17-6-3/h7-9,12,15,17H,4-6,10-11H2,1-3H3. The van der Waals surface area contributed by atoms with Crippen LogP contribution in [0.4, 0.5) is 0 Å². The van der Waals surface area contributed by atoms with Crippen LogP contribution in [0, 0.1) is 0 Å². The van der Waals surface area contributed by atoms with Crippen molar-refractivity contribution in [1.29, 1.82) is 0 Å². The van der Waals surface area contributed by atoms with Gasteiger partial charge in [-0.15, -0.1) is 0 Å². The van der Waals surface area contributed by atoms with Crippen LogP contribution < -0.4 is 10.1 Å². The van der Waals surface area contributed by atoms with Crippen molar-refractivity contribution in [3.05, 3.63) is 29.3 Å². The third kappa shape index (κ3) is 2.69. The normalized spacial score (nSPS) is 18.1. The summed E-state index contributed by atoms with van der Waals surface area (Å²) in [5, 5.41) is 3.55. The van der Waals surface area contributed by atoms with Crippen molar-refractivity contribution in [2.45, 2.75) is 58.6 Å². The van der Waals surface area contributed by atoms with Crippen LogP contribution >= 0.6 is 0 Å². The molecular formula is C16H25NO. The first-order valence-electron chi connectivity index (χ1n) is 7.31. The number of hydrogen-bond donors (Lipinski definition) is 1. The average Bonchev–Trinajstić information content (AvgIpc) is 2.81. The molecule has 0 bridgehead atoms. The number of hydrogen-bond acceptors (Lipinski definition) is 2. The fourth-order valence-corrected chi connectivity index (χ4v) is 2.82. The molecule has 18 heavy (non-hydrogen) atoms. The molecule has 0 saturated carbocycles. The Balaban J connectivity index is 2.19. The van der Waals surface area contributed by atoms with Gasteiger partial charge in [-0.1, -0.05) is 32.9 Å². The van der Waals surface area contributed by atoms with Gasteiger partial charge in [0.1, 0.15) is 5.75 Å². The van der Waals surface area contributed by atoms with Gasteiger partial charge in [-0.2, -0.15) is 0 Å². The molecule has 0 amide bonds. The van der Waals surface area contributed by atoms with Crippen LogP contribution in [-0.4, -0.2) is 12.6 Å². The van der Waals surface area contributed by atoms with Crippen molar-refractivity contribution in [3.63, 3.8) is 0 Å². The van der Waals surface area contributed by atoms with E-state index in [0.29, 0.717) is 12.1 Å². The zero-order chi connectivity index (χ0) is 13.0. The first kappa shape index (κ1) is 13.4. The molecule has 1 unspecified atom stereocenters. The number of nitrogens with one attached hydrogen (secondary N) is 1. The SMILES string of the molecule is CCNC1CCc2c(OC(CC)CC)cccc21. The van der Waals surface area contributed by atoms with Crippen molar-refractivity contribution in [2.24, 2.45) is 0 Å². The van der Waals surface area contributed by atoms with Crippen LogP contribution in [-0.2, 0) is 6.42 Å². The van der Waals surface area contributed by atoms with E-state index in [4.69, 9.17) is 4.74 Å². The van der Waals surface area contributed by atoms with Crippen LogP contribution in [0.2, 0.25) is 0 Å². The molecule has 0 aromatic heterocycles. The summed E-state index contributed by atoms with van der Waals surface area (Å²) >= 11 is 0. The first-order chi connectivity index (χ1) is 8.80. The number of ether oxygens (including phenoxy) is 1. The van der Waals surface area contributed by atoms with Crippen LogP contribution in [0.25, 0.3) is 0 Å². The minimum absolute atomic E-state index is 0.356. The molecule has 2 nitrogen and oxygen atoms in total. The Morgan fingerprint density at radius 3 is 2.72 bits per heavy atom. The monoisotopic (exact) mass is 247 g/mol. The molecule has 1 aliphatic carbocycles. The third-order valence-corrected chi connectivity index (χ3v) is 3.88. The predicted octanol–water partition coefficient (Wildman–Crippen LogP) is 3.85. The van der Waals surface area contributed by atoms with Gasteiger partial charge >= 0.3 is 0 Å². The van der Waals surface area contributed by atoms with Gasteiger partial charge < -0.3 is 10.1 Å². The highest BCUT2D eigenvalue weighted by Crippen LogP contribution is 2.37. The quantitative estimate of drug-likeness (QED) is 0.824. The second-order valence-corrected chi connectivity index (χ2v) is 5.03. The van der Waals surface area contributed by atoms with Crippen molar-refractivity contribution in [3.8, 4) is 5.75 Å². The third-order valence-electron chi connectivity index (χ3n) is 3.88. The van der Waals surface area contributed by atoms with E-state index >= 15 is 0 Å². The Morgan fingerprint density at radius 1 is 1.28 bits per heavy atom. The van der Waals surface area contributed by atoms with E-state index in [0.717, 1.165) is 31.6 Å². The molecule has 2 rings (SSSR count). The summed E-state index contributed by atoms with van der Waals surface area (Å²) in [5.41, 5.74) is 2.87. The van der Waals surface area contributed by atoms with Crippen molar-refractivity contribution in [1.82, 2.24) is 5.32 Å². The van der Waals surface area contributed by atoms with Crippen LogP contribution in [0.15, 0.2) is 18.2 Å². The van der Waals surface area contributed by atoms with Crippen molar-refractivity contribution in [2.75, 3.05) is 6.54 Å². The van der Waals surface area contributed by atoms with E-state index in [1.165, 1.54) is 17.5 Å². The van der Waals surface area contributed by atoms with Crippen LogP contribution in [0.5, 0.6) is 5.75 Å². The maximum absolute atomic E-state index is 6.15. The van der Waals surface area contributed by atoms with Crippen molar-refractivity contribution >= 4 is 0 Å². The molecular weight excluding hydrogens is 222 g/mol. The van der Waals surface area contributed by atoms with Gasteiger partial charge in [-0.05, 0) is 49.4 Å². The molecule has 1 aromatic rings. The molecule has 100 valence electrons. The largest absolute Gasteiger partial charge is 0.490 e. The van der Waals surface area contributed by atoms with Crippen LogP contribution in [0.3, 0.4) is 0 Å². The maximum Gasteiger partial charge on any atom is 0.123 e. The van der Waals surface area contributed by atoms with Crippen LogP contribution in [0.1, 0.15) is 57.2 Å². The summed E-state index contributed by atoms with van der Waals surface area (Å²) in [6.07, 6.45) is 4.86. The lowest BCUT2D eigenvalue weighted by Gasteiger charge is -2.19. The Kier molecular flexibility index (Phi) is 4.65. The smallest absolute Gasteiger partial charge is 0.123 e. The Bertz CT molecular complexity index is 385. The van der Waals surface area contributed by atoms with Gasteiger partial charge in [0.15, 0.2) is 0 Å². The molecule has 0 heterocycles. The highest BCUT2D eigenvalue weighted by atomic mass is 16.5. The summed E-state index contributed by atoms with van der Waals surface area (Å²) in [6.45, 7) is 7.59. The lowest BCUT2D eigenvalue weighted by molar-refractivity contribution is 0.191. The fraction of sp³-hybridized carbons (Fsp3) is 0.625. The molecule has 1 aliphatic rings. The molecule has 2 heteroatoms. The van der Waals surface area contributed by atoms with E-state index in [9.17, 15) is 0 Å². The zero-order valence-electron chi connectivity index (χ0n) is 11.8. The van der Waals surface area contributed by atoms with Gasteiger partial charge in [0, 0.05) is 6.04 Å². The lowest BCUT2D eigenvalue weighted by atomic mass is 10.1. The maximum atomic E-state index is 6.15. The lowest BCUT2D eigenvalue weighted by Crippen LogP contribution is -2.18. The minimum Gasteiger partial charge on any atom is -0.490 e. The molecule has 0 radical (unpaired) electrons. The Morgan fingerprint density at radius 2 is 2.06 bits per heavy atom. The summed E-state index contributed by atoms with van der Waals surface area (Å²) < 4.78 is 6.15. The zero-order valence-corrected chi connectivity index (χ0v) is 11.8. The summed E-state index contributed by atoms with van der Waals surface area (Å²) in [5.74, 6) is 1.11. The molecule has 1 atom stereocenters. The molecule has 1 N–H and O–H groups in total. The van der Waals surface area contributed by atoms with E-state index in [1.54, 1.807) is 0 Å². The van der Waals surface area contributed by atoms with Gasteiger partial charge in [-0.25, -0.2) is 0 Å². The van der Waals surface area contributed by atoms with Crippen molar-refractivity contribution < 1.29 is 4.74 Å². The second-order valence-electron chi connectivity index (χ2n) is 5.03. The second kappa shape index (κ2) is 6.24. The van der Waals surface area contributed by atoms with Gasteiger partial charge in [0.05, 0.1) is 6.10 Å². The number of rotatable bonds is 6. The highest BCUT2D eigenvalue weighted by Gasteiger charge is 2.24. The van der Waals surface area contributed by atoms with Gasteiger partial charge in [-0.3, -0.25) is 0 Å². The van der Waals surface area contributed by atoms with E-state index < -0.39 is 0 Å². The molecule has 0 aliphatic heterocycles. The molecule has 1 aromatic carbocycles. The number of fused-ring (bicyclic) bond motifs is 1. The molecule has 0 saturated heterocycles. The predicted molar refractivity (Wildman–Crippen MR) is 76.2 cm³/mol. The summed E-state index contributed by atoms with van der Waals surface area (Å²) in [6, 6.07) is 7.03. The van der Waals surface area contributed by atoms with E-state index in [-0.39, 0.29) is 0 Å². The average molecular weight is 247 g/mol. The minimum atomic E-state index is 0.356. The van der Waals surface area contributed by atoms with E-state index in [1.807, 2.05) is 0 Å².